The zero-order valence-corrected chi connectivity index (χ0v) is 23.2. The molecule has 5 atom stereocenters. The van der Waals surface area contributed by atoms with Crippen LogP contribution < -0.4 is 0 Å². The van der Waals surface area contributed by atoms with E-state index in [0.717, 1.165) is 19.3 Å². The maximum absolute atomic E-state index is 14.5. The lowest BCUT2D eigenvalue weighted by molar-refractivity contribution is -0.153. The number of nitrogens with zero attached hydrogens (tertiary/aromatic N) is 2. The molecule has 0 bridgehead atoms. The number of rotatable bonds is 6. The summed E-state index contributed by atoms with van der Waals surface area (Å²) in [5, 5.41) is 9.15. The number of cyclic esters (lactones) is 1. The molecule has 1 N–H and O–H groups in total. The number of likely N-dealkylation sites (tertiary alicyclic amines) is 1. The van der Waals surface area contributed by atoms with Crippen molar-refractivity contribution in [1.29, 1.82) is 0 Å². The number of ether oxygens (including phenoxy) is 1. The third-order valence-corrected chi connectivity index (χ3v) is 9.60. The van der Waals surface area contributed by atoms with E-state index >= 15 is 0 Å². The van der Waals surface area contributed by atoms with Gasteiger partial charge in [-0.3, -0.25) is 14.4 Å². The van der Waals surface area contributed by atoms with E-state index in [-0.39, 0.29) is 35.1 Å². The lowest BCUT2D eigenvalue weighted by Gasteiger charge is -2.44. The van der Waals surface area contributed by atoms with Crippen LogP contribution in [0.5, 0.6) is 0 Å². The first kappa shape index (κ1) is 27.2. The molecule has 0 aromatic carbocycles. The Labute approximate surface area is 219 Å². The van der Waals surface area contributed by atoms with Crippen molar-refractivity contribution in [2.75, 3.05) is 26.3 Å². The molecule has 2 saturated heterocycles. The fourth-order valence-electron chi connectivity index (χ4n) is 6.83. The Hall–Kier alpha value is -1.80. The van der Waals surface area contributed by atoms with Gasteiger partial charge in [0, 0.05) is 30.5 Å². The number of thioether (sulfide) groups is 1. The van der Waals surface area contributed by atoms with Crippen molar-refractivity contribution < 1.29 is 24.2 Å². The zero-order chi connectivity index (χ0) is 26.3. The predicted molar refractivity (Wildman–Crippen MR) is 141 cm³/mol. The summed E-state index contributed by atoms with van der Waals surface area (Å²) in [6.45, 7) is 12.0. The zero-order valence-electron chi connectivity index (χ0n) is 22.4. The van der Waals surface area contributed by atoms with Crippen molar-refractivity contribution >= 4 is 29.5 Å². The summed E-state index contributed by atoms with van der Waals surface area (Å²) in [5.41, 5.74) is -0.391. The van der Waals surface area contributed by atoms with Gasteiger partial charge in [0.15, 0.2) is 0 Å². The molecule has 0 saturated carbocycles. The first-order valence-electron chi connectivity index (χ1n) is 13.3. The summed E-state index contributed by atoms with van der Waals surface area (Å²) in [7, 11) is 0. The number of allylic oxidation sites excluding steroid dienone is 1. The monoisotopic (exact) mass is 518 g/mol. The van der Waals surface area contributed by atoms with Gasteiger partial charge in [0.1, 0.15) is 6.04 Å². The fraction of sp³-hybridized carbons (Fsp3) is 0.750. The Bertz CT molecular complexity index is 939. The van der Waals surface area contributed by atoms with Gasteiger partial charge in [0.2, 0.25) is 11.8 Å². The molecule has 0 aliphatic carbocycles. The largest absolute Gasteiger partial charge is 0.465 e. The third-order valence-electron chi connectivity index (χ3n) is 7.85. The van der Waals surface area contributed by atoms with E-state index in [4.69, 9.17) is 4.74 Å². The second-order valence-electron chi connectivity index (χ2n) is 12.4. The maximum atomic E-state index is 14.5. The third kappa shape index (κ3) is 4.87. The number of aliphatic hydroxyl groups is 1. The lowest BCUT2D eigenvalue weighted by atomic mass is 9.78. The number of fused-ring (bicyclic) bond motifs is 2. The Balaban J connectivity index is 1.78. The van der Waals surface area contributed by atoms with Crippen molar-refractivity contribution in [3.05, 3.63) is 24.3 Å². The van der Waals surface area contributed by atoms with Crippen molar-refractivity contribution in [2.45, 2.75) is 88.3 Å². The average Bonchev–Trinajstić information content (AvgIpc) is 3.17. The van der Waals surface area contributed by atoms with Crippen LogP contribution in [-0.2, 0) is 19.1 Å². The van der Waals surface area contributed by atoms with Crippen molar-refractivity contribution in [3.8, 4) is 0 Å². The molecule has 36 heavy (non-hydrogen) atoms. The molecule has 8 heteroatoms. The molecule has 1 spiro atoms. The van der Waals surface area contributed by atoms with Gasteiger partial charge in [-0.2, -0.15) is 0 Å². The second-order valence-corrected chi connectivity index (χ2v) is 13.9. The standard InChI is InChI=1S/C28H42N2O5S/c1-26(2,3)18-27(4,5)30-15-11-13-28-21(20-19(36-28)12-7-6-10-17-35-25(20)34)23(32)29(14-8-9-16-31)22(28)24(30)33/h7,11-13,19-22,31H,6,8-10,14-18H2,1-5H3/b12-7-/t19-,20+,21-,22?,28-/m0/s1. The number of carbonyl (C=O) groups excluding carboxylic acids is 3. The van der Waals surface area contributed by atoms with Crippen LogP contribution in [0.2, 0.25) is 0 Å². The number of aliphatic hydroxyl groups excluding tert-OH is 1. The molecule has 1 unspecified atom stereocenters. The van der Waals surface area contributed by atoms with Crippen LogP contribution in [0.3, 0.4) is 0 Å². The molecular weight excluding hydrogens is 476 g/mol. The Morgan fingerprint density at radius 1 is 1.11 bits per heavy atom. The number of carbonyl (C=O) groups is 3. The second kappa shape index (κ2) is 10.2. The summed E-state index contributed by atoms with van der Waals surface area (Å²) >= 11 is 1.59. The Morgan fingerprint density at radius 2 is 1.86 bits per heavy atom. The van der Waals surface area contributed by atoms with E-state index in [1.54, 1.807) is 16.7 Å². The number of hydrogen-bond donors (Lipinski definition) is 1. The topological polar surface area (TPSA) is 87.2 Å². The molecule has 4 aliphatic rings. The van der Waals surface area contributed by atoms with Crippen LogP contribution in [0.25, 0.3) is 0 Å². The predicted octanol–water partition coefficient (Wildman–Crippen LogP) is 3.56. The quantitative estimate of drug-likeness (QED) is 0.329. The van der Waals surface area contributed by atoms with Crippen LogP contribution in [0.4, 0.5) is 0 Å². The van der Waals surface area contributed by atoms with Gasteiger partial charge in [-0.15, -0.1) is 11.8 Å². The molecule has 2 fully saturated rings. The first-order chi connectivity index (χ1) is 16.9. The van der Waals surface area contributed by atoms with Gasteiger partial charge in [-0.05, 0) is 51.4 Å². The highest BCUT2D eigenvalue weighted by molar-refractivity contribution is 8.02. The minimum absolute atomic E-state index is 0.0208. The molecule has 4 heterocycles. The van der Waals surface area contributed by atoms with Gasteiger partial charge in [-0.25, -0.2) is 0 Å². The van der Waals surface area contributed by atoms with Gasteiger partial charge < -0.3 is 19.6 Å². The smallest absolute Gasteiger partial charge is 0.311 e. The molecule has 0 aromatic heterocycles. The molecule has 4 aliphatic heterocycles. The minimum atomic E-state index is -0.822. The van der Waals surface area contributed by atoms with Crippen LogP contribution in [0.15, 0.2) is 24.3 Å². The highest BCUT2D eigenvalue weighted by atomic mass is 32.2. The normalized spacial score (nSPS) is 33.8. The van der Waals surface area contributed by atoms with E-state index in [1.165, 1.54) is 0 Å². The van der Waals surface area contributed by atoms with E-state index in [0.29, 0.717) is 32.5 Å². The minimum Gasteiger partial charge on any atom is -0.465 e. The van der Waals surface area contributed by atoms with Gasteiger partial charge in [0.05, 0.1) is 23.2 Å². The Kier molecular flexibility index (Phi) is 7.69. The molecular formula is C28H42N2O5S. The van der Waals surface area contributed by atoms with Crippen LogP contribution in [-0.4, -0.2) is 80.6 Å². The molecule has 0 aromatic rings. The summed E-state index contributed by atoms with van der Waals surface area (Å²) in [5.74, 6) is -1.79. The van der Waals surface area contributed by atoms with Crippen LogP contribution >= 0.6 is 11.8 Å². The first-order valence-corrected chi connectivity index (χ1v) is 14.2. The van der Waals surface area contributed by atoms with Gasteiger partial charge in [-0.1, -0.05) is 45.1 Å². The summed E-state index contributed by atoms with van der Waals surface area (Å²) in [6.07, 6.45) is 11.8. The van der Waals surface area contributed by atoms with Crippen molar-refractivity contribution in [3.63, 3.8) is 0 Å². The maximum Gasteiger partial charge on any atom is 0.311 e. The van der Waals surface area contributed by atoms with E-state index in [9.17, 15) is 19.5 Å². The summed E-state index contributed by atoms with van der Waals surface area (Å²) < 4.78 is 4.79. The van der Waals surface area contributed by atoms with Crippen LogP contribution in [0.1, 0.15) is 66.7 Å². The highest BCUT2D eigenvalue weighted by Gasteiger charge is 2.71. The summed E-state index contributed by atoms with van der Waals surface area (Å²) in [6, 6.07) is -0.687. The van der Waals surface area contributed by atoms with E-state index in [1.807, 2.05) is 11.0 Å². The Morgan fingerprint density at radius 3 is 2.56 bits per heavy atom. The van der Waals surface area contributed by atoms with Gasteiger partial charge in [0.25, 0.3) is 0 Å². The number of amides is 2. The number of esters is 1. The van der Waals surface area contributed by atoms with Gasteiger partial charge >= 0.3 is 5.97 Å². The van der Waals surface area contributed by atoms with E-state index < -0.39 is 28.2 Å². The molecule has 7 nitrogen and oxygen atoms in total. The molecule has 4 rings (SSSR count). The SMILES string of the molecule is CC(C)(C)CC(C)(C)N1CC=C[C@]23S[C@H]4/C=C\CCCOC(=O)[C@H]4[C@H]2C(=O)N(CCCCO)C3C1=O. The van der Waals surface area contributed by atoms with Crippen molar-refractivity contribution in [1.82, 2.24) is 9.80 Å². The molecule has 200 valence electrons. The van der Waals surface area contributed by atoms with E-state index in [2.05, 4.69) is 52.8 Å². The van der Waals surface area contributed by atoms with Crippen LogP contribution in [0, 0.1) is 17.3 Å². The molecule has 2 amide bonds. The average molecular weight is 519 g/mol. The number of hydrogen-bond acceptors (Lipinski definition) is 6. The highest BCUT2D eigenvalue weighted by Crippen LogP contribution is 2.61. The fourth-order valence-corrected chi connectivity index (χ4v) is 8.83. The molecule has 0 radical (unpaired) electrons. The number of unbranched alkanes of at least 4 members (excludes halogenated alkanes) is 1. The van der Waals surface area contributed by atoms with Crippen molar-refractivity contribution in [2.24, 2.45) is 17.3 Å². The lowest BCUT2D eigenvalue weighted by Crippen LogP contribution is -2.58. The summed E-state index contributed by atoms with van der Waals surface area (Å²) in [4.78, 5) is 45.5.